The van der Waals surface area contributed by atoms with Crippen molar-refractivity contribution in [2.45, 2.75) is 4.90 Å². The predicted molar refractivity (Wildman–Crippen MR) is 106 cm³/mol. The van der Waals surface area contributed by atoms with E-state index in [1.54, 1.807) is 35.2 Å². The lowest BCUT2D eigenvalue weighted by atomic mass is 10.3. The van der Waals surface area contributed by atoms with Crippen LogP contribution in [0.3, 0.4) is 0 Å². The summed E-state index contributed by atoms with van der Waals surface area (Å²) in [6.45, 7) is 1.24. The molecule has 2 aromatic rings. The van der Waals surface area contributed by atoms with E-state index in [9.17, 15) is 13.2 Å². The Morgan fingerprint density at radius 2 is 1.58 bits per heavy atom. The number of amides is 1. The SMILES string of the molecule is O=C(COc1ccc(I)cc1)N1CCN(S(=O)(=O)c2ccccc2)CC1. The van der Waals surface area contributed by atoms with Gasteiger partial charge in [0.05, 0.1) is 4.90 Å². The minimum absolute atomic E-state index is 0.0496. The van der Waals surface area contributed by atoms with Crippen molar-refractivity contribution in [2.75, 3.05) is 32.8 Å². The fourth-order valence-corrected chi connectivity index (χ4v) is 4.49. The number of nitrogens with zero attached hydrogens (tertiary/aromatic N) is 2. The maximum Gasteiger partial charge on any atom is 0.260 e. The Hall–Kier alpha value is -1.65. The monoisotopic (exact) mass is 486 g/mol. The summed E-state index contributed by atoms with van der Waals surface area (Å²) in [5.74, 6) is 0.504. The maximum atomic E-state index is 12.6. The molecule has 0 unspecified atom stereocenters. The molecular weight excluding hydrogens is 467 g/mol. The summed E-state index contributed by atoms with van der Waals surface area (Å²) in [7, 11) is -3.51. The van der Waals surface area contributed by atoms with Crippen molar-refractivity contribution >= 4 is 38.5 Å². The quantitative estimate of drug-likeness (QED) is 0.609. The second-order valence-corrected chi connectivity index (χ2v) is 9.02. The predicted octanol–water partition coefficient (Wildman–Crippen LogP) is 2.20. The molecule has 0 spiro atoms. The maximum absolute atomic E-state index is 12.6. The molecule has 0 N–H and O–H groups in total. The molecule has 1 amide bonds. The summed E-state index contributed by atoms with van der Waals surface area (Å²) in [6.07, 6.45) is 0. The van der Waals surface area contributed by atoms with Crippen LogP contribution in [0.1, 0.15) is 0 Å². The van der Waals surface area contributed by atoms with Crippen molar-refractivity contribution in [2.24, 2.45) is 0 Å². The van der Waals surface area contributed by atoms with Gasteiger partial charge in [-0.1, -0.05) is 18.2 Å². The van der Waals surface area contributed by atoms with Crippen molar-refractivity contribution in [3.05, 3.63) is 58.2 Å². The van der Waals surface area contributed by atoms with E-state index in [4.69, 9.17) is 4.74 Å². The van der Waals surface area contributed by atoms with Crippen LogP contribution in [0.5, 0.6) is 5.75 Å². The molecule has 2 aromatic carbocycles. The van der Waals surface area contributed by atoms with Gasteiger partial charge in [0.15, 0.2) is 6.61 Å². The van der Waals surface area contributed by atoms with Crippen molar-refractivity contribution in [3.63, 3.8) is 0 Å². The topological polar surface area (TPSA) is 66.9 Å². The standard InChI is InChI=1S/C18H19IN2O4S/c19-15-6-8-16(9-7-15)25-14-18(22)20-10-12-21(13-11-20)26(23,24)17-4-2-1-3-5-17/h1-9H,10-14H2. The van der Waals surface area contributed by atoms with Gasteiger partial charge in [-0.25, -0.2) is 8.42 Å². The number of piperazine rings is 1. The highest BCUT2D eigenvalue weighted by atomic mass is 127. The first-order valence-corrected chi connectivity index (χ1v) is 10.7. The van der Waals surface area contributed by atoms with E-state index in [1.807, 2.05) is 24.3 Å². The third-order valence-corrected chi connectivity index (χ3v) is 6.78. The molecule has 138 valence electrons. The average molecular weight is 486 g/mol. The number of carbonyl (C=O) groups excluding carboxylic acids is 1. The molecule has 0 aromatic heterocycles. The molecule has 0 radical (unpaired) electrons. The molecule has 8 heteroatoms. The number of halogens is 1. The lowest BCUT2D eigenvalue weighted by Crippen LogP contribution is -2.51. The van der Waals surface area contributed by atoms with Crippen LogP contribution in [0.15, 0.2) is 59.5 Å². The van der Waals surface area contributed by atoms with Crippen molar-refractivity contribution in [1.82, 2.24) is 9.21 Å². The fraction of sp³-hybridized carbons (Fsp3) is 0.278. The van der Waals surface area contributed by atoms with Crippen LogP contribution in [0.2, 0.25) is 0 Å². The van der Waals surface area contributed by atoms with Crippen molar-refractivity contribution < 1.29 is 17.9 Å². The first-order valence-electron chi connectivity index (χ1n) is 8.18. The van der Waals surface area contributed by atoms with Crippen LogP contribution in [0, 0.1) is 3.57 Å². The zero-order valence-corrected chi connectivity index (χ0v) is 17.0. The van der Waals surface area contributed by atoms with Crippen LogP contribution in [0.25, 0.3) is 0 Å². The van der Waals surface area contributed by atoms with Gasteiger partial charge in [-0.15, -0.1) is 0 Å². The number of benzene rings is 2. The average Bonchev–Trinajstić information content (AvgIpc) is 2.68. The van der Waals surface area contributed by atoms with Crippen LogP contribution >= 0.6 is 22.6 Å². The van der Waals surface area contributed by atoms with E-state index in [1.165, 1.54) is 4.31 Å². The van der Waals surface area contributed by atoms with Crippen LogP contribution in [-0.4, -0.2) is 56.3 Å². The molecule has 1 saturated heterocycles. The number of ether oxygens (including phenoxy) is 1. The number of hydrogen-bond acceptors (Lipinski definition) is 4. The van der Waals surface area contributed by atoms with Crippen LogP contribution < -0.4 is 4.74 Å². The van der Waals surface area contributed by atoms with Gasteiger partial charge < -0.3 is 9.64 Å². The first-order chi connectivity index (χ1) is 12.5. The summed E-state index contributed by atoms with van der Waals surface area (Å²) in [5.41, 5.74) is 0. The minimum atomic E-state index is -3.51. The fourth-order valence-electron chi connectivity index (χ4n) is 2.69. The van der Waals surface area contributed by atoms with E-state index in [0.717, 1.165) is 3.57 Å². The highest BCUT2D eigenvalue weighted by molar-refractivity contribution is 14.1. The number of sulfonamides is 1. The number of carbonyl (C=O) groups is 1. The molecule has 6 nitrogen and oxygen atoms in total. The first kappa shape index (κ1) is 19.1. The van der Waals surface area contributed by atoms with Crippen molar-refractivity contribution in [1.29, 1.82) is 0 Å². The van der Waals surface area contributed by atoms with E-state index in [0.29, 0.717) is 18.8 Å². The lowest BCUT2D eigenvalue weighted by Gasteiger charge is -2.33. The molecule has 1 heterocycles. The van der Waals surface area contributed by atoms with Gasteiger partial charge >= 0.3 is 0 Å². The number of hydrogen-bond donors (Lipinski definition) is 0. The molecule has 1 aliphatic heterocycles. The Morgan fingerprint density at radius 3 is 2.19 bits per heavy atom. The second-order valence-electron chi connectivity index (χ2n) is 5.84. The summed E-state index contributed by atoms with van der Waals surface area (Å²) in [4.78, 5) is 14.2. The minimum Gasteiger partial charge on any atom is -0.484 e. The molecule has 0 atom stereocenters. The van der Waals surface area contributed by atoms with Crippen LogP contribution in [0.4, 0.5) is 0 Å². The van der Waals surface area contributed by atoms with E-state index in [-0.39, 0.29) is 30.5 Å². The normalized spacial score (nSPS) is 15.7. The highest BCUT2D eigenvalue weighted by Crippen LogP contribution is 2.18. The van der Waals surface area contributed by atoms with Gasteiger partial charge in [0.25, 0.3) is 5.91 Å². The Morgan fingerprint density at radius 1 is 0.962 bits per heavy atom. The van der Waals surface area contributed by atoms with Crippen molar-refractivity contribution in [3.8, 4) is 5.75 Å². The Kier molecular flexibility index (Phi) is 6.15. The molecule has 26 heavy (non-hydrogen) atoms. The zero-order chi connectivity index (χ0) is 18.6. The molecule has 0 bridgehead atoms. The third kappa shape index (κ3) is 4.54. The summed E-state index contributed by atoms with van der Waals surface area (Å²) in [5, 5.41) is 0. The molecular formula is C18H19IN2O4S. The van der Waals surface area contributed by atoms with Gasteiger partial charge in [-0.3, -0.25) is 4.79 Å². The smallest absolute Gasteiger partial charge is 0.260 e. The molecule has 3 rings (SSSR count). The summed E-state index contributed by atoms with van der Waals surface area (Å²) >= 11 is 2.20. The van der Waals surface area contributed by atoms with Gasteiger partial charge in [0.2, 0.25) is 10.0 Å². The van der Waals surface area contributed by atoms with Gasteiger partial charge in [0.1, 0.15) is 5.75 Å². The third-order valence-electron chi connectivity index (χ3n) is 4.15. The largest absolute Gasteiger partial charge is 0.484 e. The Bertz CT molecular complexity index is 849. The van der Waals surface area contributed by atoms with Gasteiger partial charge in [-0.2, -0.15) is 4.31 Å². The van der Waals surface area contributed by atoms with Gasteiger partial charge in [0, 0.05) is 29.7 Å². The van der Waals surface area contributed by atoms with E-state index >= 15 is 0 Å². The number of rotatable bonds is 5. The van der Waals surface area contributed by atoms with Gasteiger partial charge in [-0.05, 0) is 59.0 Å². The molecule has 1 fully saturated rings. The Labute approximate surface area is 166 Å². The molecule has 0 saturated carbocycles. The van der Waals surface area contributed by atoms with Crippen LogP contribution in [-0.2, 0) is 14.8 Å². The van der Waals surface area contributed by atoms with E-state index in [2.05, 4.69) is 22.6 Å². The zero-order valence-electron chi connectivity index (χ0n) is 14.0. The summed E-state index contributed by atoms with van der Waals surface area (Å²) in [6, 6.07) is 15.8. The van der Waals surface area contributed by atoms with E-state index < -0.39 is 10.0 Å². The highest BCUT2D eigenvalue weighted by Gasteiger charge is 2.30. The molecule has 0 aliphatic carbocycles. The second kappa shape index (κ2) is 8.36. The molecule has 1 aliphatic rings. The Balaban J connectivity index is 1.53. The summed E-state index contributed by atoms with van der Waals surface area (Å²) < 4.78 is 33.2. The lowest BCUT2D eigenvalue weighted by molar-refractivity contribution is -0.134.